The Hall–Kier alpha value is -1.06. The fourth-order valence-electron chi connectivity index (χ4n) is 8.07. The van der Waals surface area contributed by atoms with Gasteiger partial charge in [0.2, 0.25) is 11.8 Å². The molecule has 1 N–H and O–H groups in total. The first-order chi connectivity index (χ1) is 13.2. The van der Waals surface area contributed by atoms with Crippen LogP contribution in [-0.2, 0) is 9.59 Å². The summed E-state index contributed by atoms with van der Waals surface area (Å²) in [5.41, 5.74) is 0.767. The maximum absolute atomic E-state index is 13.2. The van der Waals surface area contributed by atoms with Crippen LogP contribution in [0.1, 0.15) is 86.0 Å². The van der Waals surface area contributed by atoms with E-state index in [-0.39, 0.29) is 28.7 Å². The summed E-state index contributed by atoms with van der Waals surface area (Å²) in [5, 5.41) is 3.33. The molecule has 1 saturated heterocycles. The van der Waals surface area contributed by atoms with Crippen molar-refractivity contribution in [3.8, 4) is 0 Å². The van der Waals surface area contributed by atoms with Gasteiger partial charge in [0.25, 0.3) is 0 Å². The molecule has 0 aromatic rings. The molecule has 0 aromatic heterocycles. The number of piperidine rings is 1. The topological polar surface area (TPSA) is 49.4 Å². The van der Waals surface area contributed by atoms with E-state index in [1.165, 1.54) is 38.5 Å². The summed E-state index contributed by atoms with van der Waals surface area (Å²) in [7, 11) is 0. The number of carbonyl (C=O) groups is 2. The third kappa shape index (κ3) is 2.61. The van der Waals surface area contributed by atoms with E-state index in [9.17, 15) is 9.59 Å². The molecule has 158 valence electrons. The van der Waals surface area contributed by atoms with Gasteiger partial charge in [-0.2, -0.15) is 0 Å². The van der Waals surface area contributed by atoms with E-state index in [2.05, 4.69) is 26.1 Å². The highest BCUT2D eigenvalue weighted by molar-refractivity contribution is 6.01. The van der Waals surface area contributed by atoms with Crippen molar-refractivity contribution in [1.82, 2.24) is 10.2 Å². The molecule has 4 heteroatoms. The molecule has 0 radical (unpaired) electrons. The molecule has 1 aliphatic heterocycles. The summed E-state index contributed by atoms with van der Waals surface area (Å²) in [6, 6.07) is 0.229. The number of hydrogen-bond donors (Lipinski definition) is 1. The lowest BCUT2D eigenvalue weighted by Gasteiger charge is -2.66. The molecule has 4 nitrogen and oxygen atoms in total. The number of amides is 2. The minimum atomic E-state index is -0.506. The highest BCUT2D eigenvalue weighted by Crippen LogP contribution is 2.69. The van der Waals surface area contributed by atoms with E-state index < -0.39 is 5.92 Å². The third-order valence-corrected chi connectivity index (χ3v) is 10.2. The van der Waals surface area contributed by atoms with Gasteiger partial charge in [0, 0.05) is 19.1 Å². The molecule has 3 saturated carbocycles. The Bertz CT molecular complexity index is 659. The summed E-state index contributed by atoms with van der Waals surface area (Å²) in [5.74, 6) is 1.08. The molecule has 7 atom stereocenters. The van der Waals surface area contributed by atoms with Crippen LogP contribution < -0.4 is 5.32 Å². The first kappa shape index (κ1) is 20.2. The van der Waals surface area contributed by atoms with Crippen LogP contribution >= 0.6 is 0 Å². The van der Waals surface area contributed by atoms with Crippen molar-refractivity contribution in [3.05, 3.63) is 0 Å². The Balaban J connectivity index is 1.66. The molecule has 2 unspecified atom stereocenters. The quantitative estimate of drug-likeness (QED) is 0.729. The van der Waals surface area contributed by atoms with Crippen molar-refractivity contribution in [3.63, 3.8) is 0 Å². The molecule has 3 aliphatic carbocycles. The molecule has 0 bridgehead atoms. The molecule has 0 spiro atoms. The predicted molar refractivity (Wildman–Crippen MR) is 112 cm³/mol. The Morgan fingerprint density at radius 2 is 1.71 bits per heavy atom. The minimum absolute atomic E-state index is 0.0151. The van der Waals surface area contributed by atoms with Gasteiger partial charge in [-0.1, -0.05) is 27.2 Å². The largest absolute Gasteiger partial charge is 0.352 e. The zero-order valence-electron chi connectivity index (χ0n) is 18.6. The molecule has 28 heavy (non-hydrogen) atoms. The van der Waals surface area contributed by atoms with Crippen LogP contribution in [-0.4, -0.2) is 35.8 Å². The maximum Gasteiger partial charge on any atom is 0.235 e. The number of hydrogen-bond acceptors (Lipinski definition) is 2. The van der Waals surface area contributed by atoms with Crippen LogP contribution in [0.5, 0.6) is 0 Å². The van der Waals surface area contributed by atoms with E-state index in [1.807, 2.05) is 18.7 Å². The monoisotopic (exact) mass is 388 g/mol. The molecule has 2 amide bonds. The zero-order valence-corrected chi connectivity index (χ0v) is 18.6. The van der Waals surface area contributed by atoms with Crippen molar-refractivity contribution in [1.29, 1.82) is 0 Å². The lowest BCUT2D eigenvalue weighted by atomic mass is 9.40. The Labute approximate surface area is 171 Å². The van der Waals surface area contributed by atoms with Crippen LogP contribution in [0, 0.1) is 34.0 Å². The van der Waals surface area contributed by atoms with Crippen molar-refractivity contribution in [2.75, 3.05) is 13.1 Å². The molecular weight excluding hydrogens is 348 g/mol. The zero-order chi connectivity index (χ0) is 20.3. The SMILES string of the molecule is CCN(CC)C(=O)C1C[C@@]2(C)[C@@H](CC[C@H]3[C@@H]4CCC[C@@]4(C)CCC32C)NC1=O. The minimum Gasteiger partial charge on any atom is -0.352 e. The average molecular weight is 389 g/mol. The number of carbonyl (C=O) groups excluding carboxylic acids is 2. The predicted octanol–water partition coefficient (Wildman–Crippen LogP) is 4.38. The van der Waals surface area contributed by atoms with Crippen LogP contribution in [0.25, 0.3) is 0 Å². The van der Waals surface area contributed by atoms with Gasteiger partial charge in [-0.25, -0.2) is 0 Å². The number of fused-ring (bicyclic) bond motifs is 5. The molecule has 4 aliphatic rings. The summed E-state index contributed by atoms with van der Waals surface area (Å²) in [4.78, 5) is 27.9. The van der Waals surface area contributed by atoms with Crippen molar-refractivity contribution in [2.24, 2.45) is 34.0 Å². The van der Waals surface area contributed by atoms with Crippen LogP contribution in [0.15, 0.2) is 0 Å². The fraction of sp³-hybridized carbons (Fsp3) is 0.917. The summed E-state index contributed by atoms with van der Waals surface area (Å²) in [6.07, 6.45) is 9.78. The second kappa shape index (κ2) is 6.74. The van der Waals surface area contributed by atoms with Gasteiger partial charge in [-0.15, -0.1) is 0 Å². The first-order valence-corrected chi connectivity index (χ1v) is 11.8. The number of rotatable bonds is 3. The van der Waals surface area contributed by atoms with Crippen molar-refractivity contribution >= 4 is 11.8 Å². The molecular formula is C24H40N2O2. The van der Waals surface area contributed by atoms with Crippen LogP contribution in [0.3, 0.4) is 0 Å². The van der Waals surface area contributed by atoms with E-state index >= 15 is 0 Å². The van der Waals surface area contributed by atoms with Crippen LogP contribution in [0.2, 0.25) is 0 Å². The summed E-state index contributed by atoms with van der Waals surface area (Å²) in [6.45, 7) is 12.8. The normalized spacial score (nSPS) is 47.5. The molecule has 4 rings (SSSR count). The smallest absolute Gasteiger partial charge is 0.235 e. The highest BCUT2D eigenvalue weighted by Gasteiger charge is 2.65. The number of nitrogens with one attached hydrogen (secondary N) is 1. The first-order valence-electron chi connectivity index (χ1n) is 11.8. The summed E-state index contributed by atoms with van der Waals surface area (Å²) >= 11 is 0. The summed E-state index contributed by atoms with van der Waals surface area (Å²) < 4.78 is 0. The van der Waals surface area contributed by atoms with Gasteiger partial charge in [-0.05, 0) is 86.9 Å². The molecule has 4 fully saturated rings. The van der Waals surface area contributed by atoms with Gasteiger partial charge in [0.15, 0.2) is 0 Å². The van der Waals surface area contributed by atoms with E-state index in [0.29, 0.717) is 18.5 Å². The standard InChI is InChI=1S/C24H40N2O2/c1-6-26(7-2)21(28)16-15-24(5)19(25-20(16)27)11-10-18-17-9-8-12-22(17,3)13-14-23(18,24)4/h16-19H,6-15H2,1-5H3,(H,25,27)/t16?,17-,18-,19+,22-,23?,24-/m0/s1. The average Bonchev–Trinajstić information content (AvgIpc) is 3.05. The van der Waals surface area contributed by atoms with E-state index in [1.54, 1.807) is 0 Å². The second-order valence-corrected chi connectivity index (χ2v) is 11.0. The van der Waals surface area contributed by atoms with Gasteiger partial charge in [0.1, 0.15) is 5.92 Å². The van der Waals surface area contributed by atoms with Gasteiger partial charge < -0.3 is 10.2 Å². The third-order valence-electron chi connectivity index (χ3n) is 10.2. The fourth-order valence-corrected chi connectivity index (χ4v) is 8.07. The lowest BCUT2D eigenvalue weighted by Crippen LogP contribution is -2.68. The second-order valence-electron chi connectivity index (χ2n) is 11.0. The molecule has 0 aromatic carbocycles. The Morgan fingerprint density at radius 1 is 1.00 bits per heavy atom. The van der Waals surface area contributed by atoms with Crippen molar-refractivity contribution in [2.45, 2.75) is 92.0 Å². The van der Waals surface area contributed by atoms with Gasteiger partial charge >= 0.3 is 0 Å². The maximum atomic E-state index is 13.2. The Kier molecular flexibility index (Phi) is 4.87. The molecule has 1 heterocycles. The Morgan fingerprint density at radius 3 is 2.39 bits per heavy atom. The lowest BCUT2D eigenvalue weighted by molar-refractivity contribution is -0.175. The highest BCUT2D eigenvalue weighted by atomic mass is 16.2. The van der Waals surface area contributed by atoms with Crippen molar-refractivity contribution < 1.29 is 9.59 Å². The van der Waals surface area contributed by atoms with E-state index in [4.69, 9.17) is 0 Å². The van der Waals surface area contributed by atoms with E-state index in [0.717, 1.165) is 24.7 Å². The van der Waals surface area contributed by atoms with Gasteiger partial charge in [-0.3, -0.25) is 9.59 Å². The van der Waals surface area contributed by atoms with Crippen LogP contribution in [0.4, 0.5) is 0 Å². The van der Waals surface area contributed by atoms with Gasteiger partial charge in [0.05, 0.1) is 0 Å². The number of nitrogens with zero attached hydrogens (tertiary/aromatic N) is 1.